The van der Waals surface area contributed by atoms with Gasteiger partial charge in [-0.1, -0.05) is 48.6 Å². The largest absolute Gasteiger partial charge is 0.465 e. The Kier molecular flexibility index (Phi) is 4.70. The Bertz CT molecular complexity index is 747. The van der Waals surface area contributed by atoms with E-state index in [4.69, 9.17) is 4.74 Å². The summed E-state index contributed by atoms with van der Waals surface area (Å²) in [7, 11) is 4.07. The van der Waals surface area contributed by atoms with Crippen molar-refractivity contribution < 1.29 is 9.53 Å². The van der Waals surface area contributed by atoms with E-state index in [1.54, 1.807) is 0 Å². The highest BCUT2D eigenvalue weighted by atomic mass is 16.5. The van der Waals surface area contributed by atoms with Crippen molar-refractivity contribution in [2.75, 3.05) is 25.6 Å². The maximum atomic E-state index is 12.2. The van der Waals surface area contributed by atoms with Crippen LogP contribution in [0.3, 0.4) is 0 Å². The minimum Gasteiger partial charge on any atom is -0.465 e. The van der Waals surface area contributed by atoms with Gasteiger partial charge in [-0.2, -0.15) is 0 Å². The molecule has 0 saturated carbocycles. The van der Waals surface area contributed by atoms with Crippen molar-refractivity contribution in [2.24, 2.45) is 0 Å². The number of nitrogens with zero attached hydrogens (tertiary/aromatic N) is 1. The molecule has 24 heavy (non-hydrogen) atoms. The zero-order valence-corrected chi connectivity index (χ0v) is 14.4. The van der Waals surface area contributed by atoms with Crippen LogP contribution in [0.5, 0.6) is 0 Å². The lowest BCUT2D eigenvalue weighted by molar-refractivity contribution is -0.143. The Hall–Kier alpha value is -2.55. The van der Waals surface area contributed by atoms with E-state index in [1.807, 2.05) is 45.3 Å². The summed E-state index contributed by atoms with van der Waals surface area (Å²) in [6.07, 6.45) is 4.10. The monoisotopic (exact) mass is 321 g/mol. The molecule has 1 aliphatic rings. The Morgan fingerprint density at radius 2 is 1.67 bits per heavy atom. The molecule has 0 heterocycles. The molecule has 0 aromatic heterocycles. The number of carbonyl (C=O) groups excluding carboxylic acids is 1. The molecule has 0 aliphatic heterocycles. The zero-order valence-electron chi connectivity index (χ0n) is 14.4. The van der Waals surface area contributed by atoms with Crippen LogP contribution in [0.25, 0.3) is 0 Å². The van der Waals surface area contributed by atoms with Crippen LogP contribution < -0.4 is 4.90 Å². The molecule has 2 aromatic carbocycles. The van der Waals surface area contributed by atoms with Crippen LogP contribution in [0.1, 0.15) is 35.4 Å². The first kappa shape index (κ1) is 16.3. The van der Waals surface area contributed by atoms with E-state index in [1.165, 1.54) is 16.8 Å². The van der Waals surface area contributed by atoms with E-state index < -0.39 is 0 Å². The summed E-state index contributed by atoms with van der Waals surface area (Å²) in [5, 5.41) is 0. The van der Waals surface area contributed by atoms with Crippen LogP contribution >= 0.6 is 0 Å². The van der Waals surface area contributed by atoms with Crippen LogP contribution in [0, 0.1) is 0 Å². The van der Waals surface area contributed by atoms with E-state index >= 15 is 0 Å². The lowest BCUT2D eigenvalue weighted by Gasteiger charge is -2.26. The molecule has 2 aromatic rings. The van der Waals surface area contributed by atoms with Crippen LogP contribution in [-0.2, 0) is 9.53 Å². The minimum absolute atomic E-state index is 0.170. The molecule has 0 amide bonds. The number of rotatable bonds is 4. The minimum atomic E-state index is -0.307. The highest BCUT2D eigenvalue weighted by Gasteiger charge is 2.28. The number of ether oxygens (including phenoxy) is 1. The number of benzene rings is 2. The van der Waals surface area contributed by atoms with Crippen molar-refractivity contribution in [3.63, 3.8) is 0 Å². The Balaban J connectivity index is 1.96. The second-order valence-corrected chi connectivity index (χ2v) is 6.21. The third kappa shape index (κ3) is 3.07. The van der Waals surface area contributed by atoms with E-state index in [2.05, 4.69) is 41.3 Å². The molecule has 0 fully saturated rings. The maximum absolute atomic E-state index is 12.2. The molecule has 3 nitrogen and oxygen atoms in total. The predicted octanol–water partition coefficient (Wildman–Crippen LogP) is 4.10. The number of fused-ring (bicyclic) bond motifs is 1. The Morgan fingerprint density at radius 1 is 1.00 bits per heavy atom. The first-order valence-electron chi connectivity index (χ1n) is 8.33. The SMILES string of the molecule is CCOC(=O)[C@H]1C=C[C@@H](c2ccc(N(C)C)cc2)c2ccccc21. The van der Waals surface area contributed by atoms with Gasteiger partial charge < -0.3 is 9.64 Å². The summed E-state index contributed by atoms with van der Waals surface area (Å²) in [6.45, 7) is 2.24. The van der Waals surface area contributed by atoms with Gasteiger partial charge >= 0.3 is 5.97 Å². The molecule has 3 heteroatoms. The van der Waals surface area contributed by atoms with Crippen molar-refractivity contribution in [2.45, 2.75) is 18.8 Å². The smallest absolute Gasteiger partial charge is 0.317 e. The number of esters is 1. The number of hydrogen-bond donors (Lipinski definition) is 0. The quantitative estimate of drug-likeness (QED) is 0.627. The van der Waals surface area contributed by atoms with Crippen molar-refractivity contribution in [1.82, 2.24) is 0 Å². The fraction of sp³-hybridized carbons (Fsp3) is 0.286. The topological polar surface area (TPSA) is 29.5 Å². The van der Waals surface area contributed by atoms with Gasteiger partial charge in [-0.25, -0.2) is 0 Å². The fourth-order valence-electron chi connectivity index (χ4n) is 3.21. The maximum Gasteiger partial charge on any atom is 0.317 e. The molecule has 0 unspecified atom stereocenters. The van der Waals surface area contributed by atoms with Gasteiger partial charge in [0.15, 0.2) is 0 Å². The standard InChI is InChI=1S/C21H23NO2/c1-4-24-21(23)20-14-13-17(18-7-5-6-8-19(18)20)15-9-11-16(12-10-15)22(2)3/h5-14,17,20H,4H2,1-3H3/t17-,20-/m0/s1. The highest BCUT2D eigenvalue weighted by Crippen LogP contribution is 2.38. The van der Waals surface area contributed by atoms with Gasteiger partial charge in [0.2, 0.25) is 0 Å². The lowest BCUT2D eigenvalue weighted by atomic mass is 9.79. The number of carbonyl (C=O) groups is 1. The normalized spacial score (nSPS) is 18.8. The fourth-order valence-corrected chi connectivity index (χ4v) is 3.21. The molecule has 1 aliphatic carbocycles. The Labute approximate surface area is 143 Å². The van der Waals surface area contributed by atoms with Gasteiger partial charge in [-0.05, 0) is 35.7 Å². The van der Waals surface area contributed by atoms with Crippen molar-refractivity contribution >= 4 is 11.7 Å². The van der Waals surface area contributed by atoms with E-state index in [-0.39, 0.29) is 17.8 Å². The first-order chi connectivity index (χ1) is 11.6. The molecular weight excluding hydrogens is 298 g/mol. The molecule has 124 valence electrons. The second-order valence-electron chi connectivity index (χ2n) is 6.21. The summed E-state index contributed by atoms with van der Waals surface area (Å²) < 4.78 is 5.23. The third-order valence-corrected chi connectivity index (χ3v) is 4.47. The molecular formula is C21H23NO2. The molecule has 0 saturated heterocycles. The summed E-state index contributed by atoms with van der Waals surface area (Å²) >= 11 is 0. The number of hydrogen-bond acceptors (Lipinski definition) is 3. The Morgan fingerprint density at radius 3 is 2.29 bits per heavy atom. The van der Waals surface area contributed by atoms with Gasteiger partial charge in [-0.15, -0.1) is 0 Å². The van der Waals surface area contributed by atoms with Crippen LogP contribution in [0.4, 0.5) is 5.69 Å². The van der Waals surface area contributed by atoms with Gasteiger partial charge in [0.05, 0.1) is 6.61 Å². The van der Waals surface area contributed by atoms with Crippen molar-refractivity contribution in [1.29, 1.82) is 0 Å². The van der Waals surface area contributed by atoms with Gasteiger partial charge in [-0.3, -0.25) is 4.79 Å². The van der Waals surface area contributed by atoms with Gasteiger partial charge in [0, 0.05) is 25.7 Å². The first-order valence-corrected chi connectivity index (χ1v) is 8.33. The molecule has 0 bridgehead atoms. The summed E-state index contributed by atoms with van der Waals surface area (Å²) in [4.78, 5) is 14.3. The molecule has 0 radical (unpaired) electrons. The molecule has 2 atom stereocenters. The number of anilines is 1. The van der Waals surface area contributed by atoms with E-state index in [0.29, 0.717) is 6.61 Å². The molecule has 0 spiro atoms. The average molecular weight is 321 g/mol. The van der Waals surface area contributed by atoms with Gasteiger partial charge in [0.1, 0.15) is 5.92 Å². The predicted molar refractivity (Wildman–Crippen MR) is 97.6 cm³/mol. The van der Waals surface area contributed by atoms with E-state index in [0.717, 1.165) is 5.56 Å². The van der Waals surface area contributed by atoms with E-state index in [9.17, 15) is 4.79 Å². The van der Waals surface area contributed by atoms with Crippen LogP contribution in [0.2, 0.25) is 0 Å². The molecule has 0 N–H and O–H groups in total. The zero-order chi connectivity index (χ0) is 17.1. The molecule has 3 rings (SSSR count). The van der Waals surface area contributed by atoms with Gasteiger partial charge in [0.25, 0.3) is 0 Å². The van der Waals surface area contributed by atoms with Crippen molar-refractivity contribution in [3.05, 3.63) is 77.4 Å². The summed E-state index contributed by atoms with van der Waals surface area (Å²) in [5.41, 5.74) is 4.62. The highest BCUT2D eigenvalue weighted by molar-refractivity contribution is 5.82. The average Bonchev–Trinajstić information content (AvgIpc) is 2.61. The number of allylic oxidation sites excluding steroid dienone is 1. The van der Waals surface area contributed by atoms with Crippen molar-refractivity contribution in [3.8, 4) is 0 Å². The van der Waals surface area contributed by atoms with Crippen LogP contribution in [0.15, 0.2) is 60.7 Å². The summed E-state index contributed by atoms with van der Waals surface area (Å²) in [5.74, 6) is -0.316. The summed E-state index contributed by atoms with van der Waals surface area (Å²) in [6, 6.07) is 16.7. The third-order valence-electron chi connectivity index (χ3n) is 4.47. The second kappa shape index (κ2) is 6.91. The van der Waals surface area contributed by atoms with Crippen LogP contribution in [-0.4, -0.2) is 26.7 Å². The lowest BCUT2D eigenvalue weighted by Crippen LogP contribution is -2.20.